The molecule has 0 amide bonds. The minimum Gasteiger partial charge on any atom is -0.420 e. The van der Waals surface area contributed by atoms with E-state index in [-0.39, 0.29) is 9.76 Å². The Labute approximate surface area is 103 Å². The Hall–Kier alpha value is -0.386. The van der Waals surface area contributed by atoms with Crippen LogP contribution in [-0.2, 0) is 11.0 Å². The van der Waals surface area contributed by atoms with E-state index in [1.807, 2.05) is 0 Å². The van der Waals surface area contributed by atoms with E-state index in [1.165, 1.54) is 22.4 Å². The van der Waals surface area contributed by atoms with Crippen LogP contribution in [0.5, 0.6) is 0 Å². The highest BCUT2D eigenvalue weighted by Crippen LogP contribution is 2.14. The average molecular weight is 253 g/mol. The molecule has 3 heteroatoms. The van der Waals surface area contributed by atoms with Crippen molar-refractivity contribution in [3.05, 3.63) is 34.9 Å². The molecule has 0 saturated carbocycles. The maximum absolute atomic E-state index is 5.91. The summed E-state index contributed by atoms with van der Waals surface area (Å²) in [5.74, 6) is 0. The van der Waals surface area contributed by atoms with E-state index in [9.17, 15) is 0 Å². The van der Waals surface area contributed by atoms with Gasteiger partial charge in [-0.25, -0.2) is 0 Å². The van der Waals surface area contributed by atoms with Crippen LogP contribution in [0, 0.1) is 13.8 Å². The van der Waals surface area contributed by atoms with Gasteiger partial charge in [-0.15, -0.1) is 0 Å². The van der Waals surface area contributed by atoms with Crippen LogP contribution < -0.4 is 0 Å². The molecular formula is C13H24OSi2. The van der Waals surface area contributed by atoms with Crippen LogP contribution in [0.25, 0.3) is 0 Å². The maximum Gasteiger partial charge on any atom is 0.159 e. The molecule has 0 heterocycles. The Kier molecular flexibility index (Phi) is 4.96. The third-order valence-corrected chi connectivity index (χ3v) is 10.3. The van der Waals surface area contributed by atoms with Crippen molar-refractivity contribution < 1.29 is 4.43 Å². The number of rotatable bonds is 5. The van der Waals surface area contributed by atoms with E-state index in [2.05, 4.69) is 51.7 Å². The molecule has 90 valence electrons. The predicted molar refractivity (Wildman–Crippen MR) is 77.4 cm³/mol. The first kappa shape index (κ1) is 13.7. The van der Waals surface area contributed by atoms with Gasteiger partial charge in [-0.2, -0.15) is 0 Å². The van der Waals surface area contributed by atoms with Crippen LogP contribution >= 0.6 is 0 Å². The quantitative estimate of drug-likeness (QED) is 0.578. The monoisotopic (exact) mass is 252 g/mol. The summed E-state index contributed by atoms with van der Waals surface area (Å²) in [4.78, 5) is 0. The van der Waals surface area contributed by atoms with Gasteiger partial charge in [-0.05, 0) is 36.2 Å². The van der Waals surface area contributed by atoms with E-state index in [1.54, 1.807) is 0 Å². The molecule has 16 heavy (non-hydrogen) atoms. The molecule has 1 aromatic carbocycles. The van der Waals surface area contributed by atoms with Gasteiger partial charge in [-0.3, -0.25) is 0 Å². The van der Waals surface area contributed by atoms with Crippen molar-refractivity contribution in [2.75, 3.05) is 0 Å². The minimum absolute atomic E-state index is 0.303. The Bertz CT molecular complexity index is 342. The number of hydrogen-bond donors (Lipinski definition) is 0. The molecule has 0 aromatic heterocycles. The zero-order valence-electron chi connectivity index (χ0n) is 11.3. The Morgan fingerprint density at radius 1 is 1.19 bits per heavy atom. The fourth-order valence-electron chi connectivity index (χ4n) is 1.53. The standard InChI is InChI=1S/C13H24OSi2/c1-11-7-6-8-13(12(11)2)9-14-15-10-16(3,4)5/h6-8H,9-10,15H2,1-5H3. The average Bonchev–Trinajstić information content (AvgIpc) is 2.17. The van der Waals surface area contributed by atoms with Crippen LogP contribution in [0.3, 0.4) is 0 Å². The highest BCUT2D eigenvalue weighted by molar-refractivity contribution is 6.82. The summed E-state index contributed by atoms with van der Waals surface area (Å²) in [5, 5.41) is 0. The first-order chi connectivity index (χ1) is 7.40. The molecule has 0 aliphatic carbocycles. The normalized spacial score (nSPS) is 12.6. The van der Waals surface area contributed by atoms with Crippen molar-refractivity contribution in [3.63, 3.8) is 0 Å². The van der Waals surface area contributed by atoms with E-state index in [0.29, 0.717) is 0 Å². The van der Waals surface area contributed by atoms with Gasteiger partial charge in [0.15, 0.2) is 9.76 Å². The second-order valence-corrected chi connectivity index (χ2v) is 13.7. The van der Waals surface area contributed by atoms with Gasteiger partial charge < -0.3 is 4.43 Å². The molecule has 0 aliphatic rings. The second kappa shape index (κ2) is 5.80. The van der Waals surface area contributed by atoms with E-state index in [4.69, 9.17) is 4.43 Å². The lowest BCUT2D eigenvalue weighted by Crippen LogP contribution is -2.23. The summed E-state index contributed by atoms with van der Waals surface area (Å²) < 4.78 is 5.91. The van der Waals surface area contributed by atoms with Crippen molar-refractivity contribution in [2.45, 2.75) is 45.8 Å². The lowest BCUT2D eigenvalue weighted by molar-refractivity contribution is 0.325. The molecular weight excluding hydrogens is 228 g/mol. The van der Waals surface area contributed by atoms with Crippen molar-refractivity contribution in [2.24, 2.45) is 0 Å². The van der Waals surface area contributed by atoms with E-state index >= 15 is 0 Å². The van der Waals surface area contributed by atoms with Crippen LogP contribution in [0.4, 0.5) is 0 Å². The second-order valence-electron chi connectivity index (χ2n) is 5.72. The van der Waals surface area contributed by atoms with Gasteiger partial charge in [0.05, 0.1) is 6.61 Å². The molecule has 0 atom stereocenters. The van der Waals surface area contributed by atoms with Gasteiger partial charge in [0.25, 0.3) is 0 Å². The molecule has 1 aromatic rings. The summed E-state index contributed by atoms with van der Waals surface area (Å²) in [6.45, 7) is 12.4. The van der Waals surface area contributed by atoms with Gasteiger partial charge >= 0.3 is 0 Å². The van der Waals surface area contributed by atoms with Crippen LogP contribution in [0.15, 0.2) is 18.2 Å². The van der Waals surface area contributed by atoms with Gasteiger partial charge in [0.2, 0.25) is 0 Å². The third-order valence-electron chi connectivity index (χ3n) is 2.97. The van der Waals surface area contributed by atoms with Crippen LogP contribution in [0.2, 0.25) is 25.3 Å². The number of hydrogen-bond acceptors (Lipinski definition) is 1. The molecule has 0 radical (unpaired) electrons. The van der Waals surface area contributed by atoms with Crippen molar-refractivity contribution >= 4 is 17.8 Å². The summed E-state index contributed by atoms with van der Waals surface area (Å²) in [6.07, 6.45) is 0. The molecule has 1 nitrogen and oxygen atoms in total. The van der Waals surface area contributed by atoms with Gasteiger partial charge in [0, 0.05) is 8.07 Å². The fourth-order valence-corrected chi connectivity index (χ4v) is 4.92. The van der Waals surface area contributed by atoms with Crippen molar-refractivity contribution in [1.82, 2.24) is 0 Å². The highest BCUT2D eigenvalue weighted by Gasteiger charge is 2.12. The molecule has 0 aliphatic heterocycles. The molecule has 0 bridgehead atoms. The minimum atomic E-state index is -0.883. The zero-order chi connectivity index (χ0) is 12.2. The predicted octanol–water partition coefficient (Wildman–Crippen LogP) is 3.20. The summed E-state index contributed by atoms with van der Waals surface area (Å²) in [5.41, 5.74) is 5.51. The zero-order valence-corrected chi connectivity index (χ0v) is 13.7. The first-order valence-corrected chi connectivity index (χ1v) is 11.3. The molecule has 0 spiro atoms. The molecule has 0 N–H and O–H groups in total. The van der Waals surface area contributed by atoms with Gasteiger partial charge in [-0.1, -0.05) is 37.8 Å². The fraction of sp³-hybridized carbons (Fsp3) is 0.538. The molecule has 1 rings (SSSR count). The summed E-state index contributed by atoms with van der Waals surface area (Å²) in [7, 11) is -1.19. The summed E-state index contributed by atoms with van der Waals surface area (Å²) in [6, 6.07) is 6.48. The first-order valence-electron chi connectivity index (χ1n) is 6.03. The number of aryl methyl sites for hydroxylation is 1. The molecule has 0 saturated heterocycles. The Morgan fingerprint density at radius 3 is 2.50 bits per heavy atom. The van der Waals surface area contributed by atoms with E-state index in [0.717, 1.165) is 6.61 Å². The van der Waals surface area contributed by atoms with Gasteiger partial charge in [0.1, 0.15) is 0 Å². The number of benzene rings is 1. The molecule has 0 unspecified atom stereocenters. The Balaban J connectivity index is 2.41. The molecule has 0 fully saturated rings. The lowest BCUT2D eigenvalue weighted by atomic mass is 10.0. The summed E-state index contributed by atoms with van der Waals surface area (Å²) >= 11 is 0. The lowest BCUT2D eigenvalue weighted by Gasteiger charge is -2.15. The smallest absolute Gasteiger partial charge is 0.159 e. The largest absolute Gasteiger partial charge is 0.420 e. The SMILES string of the molecule is Cc1cccc(CO[SiH2]C[Si](C)(C)C)c1C. The van der Waals surface area contributed by atoms with Crippen LogP contribution in [0.1, 0.15) is 16.7 Å². The topological polar surface area (TPSA) is 9.23 Å². The van der Waals surface area contributed by atoms with Crippen molar-refractivity contribution in [3.8, 4) is 0 Å². The van der Waals surface area contributed by atoms with Crippen molar-refractivity contribution in [1.29, 1.82) is 0 Å². The third kappa shape index (κ3) is 4.64. The van der Waals surface area contributed by atoms with Crippen LogP contribution in [-0.4, -0.2) is 17.8 Å². The van der Waals surface area contributed by atoms with E-state index < -0.39 is 8.07 Å². The maximum atomic E-state index is 5.91. The Morgan fingerprint density at radius 2 is 1.88 bits per heavy atom. The highest BCUT2D eigenvalue weighted by atomic mass is 28.4.